The van der Waals surface area contributed by atoms with E-state index >= 15 is 0 Å². The van der Waals surface area contributed by atoms with E-state index in [0.29, 0.717) is 12.4 Å². The van der Waals surface area contributed by atoms with Crippen LogP contribution in [0.3, 0.4) is 0 Å². The number of rotatable bonds is 3. The molecule has 2 aromatic heterocycles. The molecule has 3 heterocycles. The van der Waals surface area contributed by atoms with Crippen molar-refractivity contribution < 1.29 is 9.53 Å². The molecule has 1 atom stereocenters. The van der Waals surface area contributed by atoms with Crippen LogP contribution in [0.1, 0.15) is 39.3 Å². The first-order chi connectivity index (χ1) is 12.6. The molecule has 0 radical (unpaired) electrons. The van der Waals surface area contributed by atoms with Crippen molar-refractivity contribution in [2.24, 2.45) is 0 Å². The van der Waals surface area contributed by atoms with Crippen molar-refractivity contribution in [1.29, 1.82) is 0 Å². The molecule has 1 aliphatic rings. The molecule has 0 aliphatic carbocycles. The Bertz CT molecular complexity index is 962. The largest absolute Gasteiger partial charge is 0.468 e. The fourth-order valence-electron chi connectivity index (χ4n) is 3.42. The zero-order chi connectivity index (χ0) is 18.3. The number of aryl methyl sites for hydroxylation is 2. The van der Waals surface area contributed by atoms with E-state index in [1.54, 1.807) is 11.3 Å². The third-order valence-electron chi connectivity index (χ3n) is 4.75. The van der Waals surface area contributed by atoms with Gasteiger partial charge in [0, 0.05) is 17.0 Å². The van der Waals surface area contributed by atoms with Gasteiger partial charge in [-0.25, -0.2) is 4.79 Å². The van der Waals surface area contributed by atoms with E-state index in [4.69, 9.17) is 4.74 Å². The second-order valence-electron chi connectivity index (χ2n) is 6.36. The molecule has 3 aromatic rings. The molecule has 0 saturated carbocycles. The second kappa shape index (κ2) is 6.66. The maximum atomic E-state index is 12.2. The van der Waals surface area contributed by atoms with Crippen LogP contribution >= 0.6 is 11.3 Å². The Labute approximate surface area is 155 Å². The highest BCUT2D eigenvalue weighted by Crippen LogP contribution is 2.37. The number of nitrogens with one attached hydrogen (secondary N) is 1. The number of thiophene rings is 1. The third-order valence-corrected chi connectivity index (χ3v) is 5.93. The first-order valence-corrected chi connectivity index (χ1v) is 9.30. The molecule has 1 aliphatic heterocycles. The van der Waals surface area contributed by atoms with Gasteiger partial charge < -0.3 is 4.74 Å². The molecule has 0 spiro atoms. The van der Waals surface area contributed by atoms with Gasteiger partial charge in [-0.05, 0) is 31.4 Å². The van der Waals surface area contributed by atoms with Crippen LogP contribution in [0, 0.1) is 13.8 Å². The molecule has 0 unspecified atom stereocenters. The molecule has 6 nitrogen and oxygen atoms in total. The summed E-state index contributed by atoms with van der Waals surface area (Å²) in [6.07, 6.45) is 0.861. The summed E-state index contributed by atoms with van der Waals surface area (Å²) in [6, 6.07) is 9.80. The van der Waals surface area contributed by atoms with E-state index < -0.39 is 6.04 Å². The van der Waals surface area contributed by atoms with Crippen molar-refractivity contribution in [3.63, 3.8) is 0 Å². The van der Waals surface area contributed by atoms with Crippen LogP contribution in [0.25, 0.3) is 5.00 Å². The van der Waals surface area contributed by atoms with E-state index in [9.17, 15) is 4.79 Å². The molecule has 26 heavy (non-hydrogen) atoms. The predicted molar refractivity (Wildman–Crippen MR) is 99.6 cm³/mol. The molecule has 0 fully saturated rings. The quantitative estimate of drug-likeness (QED) is 0.720. The highest BCUT2D eigenvalue weighted by molar-refractivity contribution is 7.14. The van der Waals surface area contributed by atoms with Crippen molar-refractivity contribution in [2.75, 3.05) is 7.11 Å². The molecule has 1 aromatic carbocycles. The number of hydrogen-bond donors (Lipinski definition) is 1. The van der Waals surface area contributed by atoms with Gasteiger partial charge in [-0.15, -0.1) is 21.5 Å². The lowest BCUT2D eigenvalue weighted by Gasteiger charge is -2.13. The van der Waals surface area contributed by atoms with E-state index in [1.165, 1.54) is 28.7 Å². The molecule has 0 bridgehead atoms. The Morgan fingerprint density at radius 2 is 2.08 bits per heavy atom. The highest BCUT2D eigenvalue weighted by atomic mass is 32.1. The number of ether oxygens (including phenoxy) is 1. The number of carbonyl (C=O) groups is 1. The number of benzene rings is 1. The fourth-order valence-corrected chi connectivity index (χ4v) is 4.67. The first-order valence-electron chi connectivity index (χ1n) is 8.48. The number of aromatic nitrogens is 3. The Morgan fingerprint density at radius 3 is 2.81 bits per heavy atom. The lowest BCUT2D eigenvalue weighted by molar-refractivity contribution is -0.143. The predicted octanol–water partition coefficient (Wildman–Crippen LogP) is 2.85. The lowest BCUT2D eigenvalue weighted by atomic mass is 10.0. The average molecular weight is 368 g/mol. The molecule has 134 valence electrons. The summed E-state index contributed by atoms with van der Waals surface area (Å²) in [4.78, 5) is 13.5. The number of methoxy groups -OCH3 is 1. The van der Waals surface area contributed by atoms with Gasteiger partial charge in [-0.3, -0.25) is 9.88 Å². The zero-order valence-corrected chi connectivity index (χ0v) is 15.8. The maximum absolute atomic E-state index is 12.2. The zero-order valence-electron chi connectivity index (χ0n) is 14.9. The molecule has 1 N–H and O–H groups in total. The van der Waals surface area contributed by atoms with Gasteiger partial charge in [-0.2, -0.15) is 0 Å². The van der Waals surface area contributed by atoms with Crippen LogP contribution in [0.2, 0.25) is 0 Å². The van der Waals surface area contributed by atoms with Gasteiger partial charge in [-0.1, -0.05) is 30.3 Å². The van der Waals surface area contributed by atoms with Crippen molar-refractivity contribution in [1.82, 2.24) is 20.1 Å². The minimum Gasteiger partial charge on any atom is -0.468 e. The summed E-state index contributed by atoms with van der Waals surface area (Å²) < 4.78 is 6.95. The number of hydrogen-bond acceptors (Lipinski definition) is 6. The Balaban J connectivity index is 1.83. The number of nitrogens with zero attached hydrogens (tertiary/aromatic N) is 3. The van der Waals surface area contributed by atoms with Crippen LogP contribution in [-0.4, -0.2) is 27.8 Å². The Kier molecular flexibility index (Phi) is 4.34. The van der Waals surface area contributed by atoms with Gasteiger partial charge in [0.15, 0.2) is 11.9 Å². The minimum atomic E-state index is -0.620. The monoisotopic (exact) mass is 368 g/mol. The lowest BCUT2D eigenvalue weighted by Crippen LogP contribution is -2.30. The highest BCUT2D eigenvalue weighted by Gasteiger charge is 2.33. The molecule has 0 saturated heterocycles. The van der Waals surface area contributed by atoms with Crippen molar-refractivity contribution in [3.8, 4) is 5.00 Å². The van der Waals surface area contributed by atoms with Gasteiger partial charge >= 0.3 is 5.97 Å². The van der Waals surface area contributed by atoms with Crippen LogP contribution in [0.5, 0.6) is 0 Å². The molecule has 4 rings (SSSR count). The molecular formula is C19H20N4O2S. The topological polar surface area (TPSA) is 69.0 Å². The van der Waals surface area contributed by atoms with E-state index in [2.05, 4.69) is 46.7 Å². The second-order valence-corrected chi connectivity index (χ2v) is 7.56. The van der Waals surface area contributed by atoms with Gasteiger partial charge in [0.1, 0.15) is 10.8 Å². The van der Waals surface area contributed by atoms with E-state index in [0.717, 1.165) is 17.2 Å². The van der Waals surface area contributed by atoms with Gasteiger partial charge in [0.2, 0.25) is 0 Å². The normalized spacial score (nSPS) is 15.9. The average Bonchev–Trinajstić information content (AvgIpc) is 3.11. The number of carbonyl (C=O) groups excluding carboxylic acids is 1. The molecule has 7 heteroatoms. The SMILES string of the molecule is COC(=O)[C@@H]1NCc2c(sc(C)c2Cc2ccccc2)-n2c(C)nnc21. The van der Waals surface area contributed by atoms with Crippen LogP contribution < -0.4 is 5.32 Å². The summed E-state index contributed by atoms with van der Waals surface area (Å²) in [6.45, 7) is 4.64. The summed E-state index contributed by atoms with van der Waals surface area (Å²) in [7, 11) is 1.39. The van der Waals surface area contributed by atoms with E-state index in [1.807, 2.05) is 17.6 Å². The maximum Gasteiger partial charge on any atom is 0.330 e. The van der Waals surface area contributed by atoms with Gasteiger partial charge in [0.05, 0.1) is 7.11 Å². The van der Waals surface area contributed by atoms with Crippen molar-refractivity contribution in [2.45, 2.75) is 32.9 Å². The van der Waals surface area contributed by atoms with Crippen LogP contribution in [0.4, 0.5) is 0 Å². The fraction of sp³-hybridized carbons (Fsp3) is 0.316. The summed E-state index contributed by atoms with van der Waals surface area (Å²) >= 11 is 1.72. The Hall–Kier alpha value is -2.51. The Morgan fingerprint density at radius 1 is 1.31 bits per heavy atom. The van der Waals surface area contributed by atoms with Crippen LogP contribution in [0.15, 0.2) is 30.3 Å². The summed E-state index contributed by atoms with van der Waals surface area (Å²) in [5.74, 6) is 1.00. The van der Waals surface area contributed by atoms with Crippen LogP contribution in [-0.2, 0) is 22.5 Å². The summed E-state index contributed by atoms with van der Waals surface area (Å²) in [5, 5.41) is 12.8. The minimum absolute atomic E-state index is 0.352. The number of fused-ring (bicyclic) bond motifs is 3. The van der Waals surface area contributed by atoms with Crippen molar-refractivity contribution in [3.05, 3.63) is 63.5 Å². The van der Waals surface area contributed by atoms with Crippen molar-refractivity contribution >= 4 is 17.3 Å². The number of esters is 1. The molecule has 0 amide bonds. The first kappa shape index (κ1) is 16.9. The van der Waals surface area contributed by atoms with Gasteiger partial charge in [0.25, 0.3) is 0 Å². The molecular weight excluding hydrogens is 348 g/mol. The third kappa shape index (κ3) is 2.73. The standard InChI is InChI=1S/C19H20N4O2S/c1-11-14(9-13-7-5-4-6-8-13)15-10-20-16(19(24)25-3)17-22-21-12(2)23(17)18(15)26-11/h4-8,16,20H,9-10H2,1-3H3/t16-/m1/s1. The smallest absolute Gasteiger partial charge is 0.330 e. The van der Waals surface area contributed by atoms with E-state index in [-0.39, 0.29) is 5.97 Å². The summed E-state index contributed by atoms with van der Waals surface area (Å²) in [5.41, 5.74) is 3.77.